The molecule has 0 amide bonds. The highest BCUT2D eigenvalue weighted by Gasteiger charge is 2.30. The number of nitrogens with one attached hydrogen (secondary N) is 2. The molecular formula is C80H120F2N6O4S9. The van der Waals surface area contributed by atoms with E-state index in [9.17, 15) is 16.8 Å². The molecule has 0 saturated carbocycles. The summed E-state index contributed by atoms with van der Waals surface area (Å²) in [5.41, 5.74) is 4.54. The van der Waals surface area contributed by atoms with Crippen molar-refractivity contribution in [3.05, 3.63) is 67.9 Å². The standard InChI is InChI=1S/C80H120F2N6O4S9/c1-7-11-15-19-23-27-29-31-33-35-39-43-47-62-55-59(5)93-75(62)77-85-79-80(97-77)86-78(98-79)76-63(48-44-40-36-34-32-30-28-24-20-16-12-8-2)58-67(96-76)74-64(50-54-101(91,92)84-52-46-42-38-26-22-18-14-10-4)57-66(95-74)69-71(82)70(81)68(72-73(69)88-99-87-72)65-56-61(60(6)94-65)49-53-100(89,90)83-51-45-41-37-25-21-17-13-9-3/h55-58,83-84H,7-54H2,1-6H3. The number of benzene rings is 1. The summed E-state index contributed by atoms with van der Waals surface area (Å²) in [5.74, 6) is -2.39. The topological polar surface area (TPSA) is 144 Å². The number of unbranched alkanes of at least 4 members (excludes halogenated alkanes) is 36. The molecule has 2 N–H and O–H groups in total. The van der Waals surface area contributed by atoms with Gasteiger partial charge >= 0.3 is 0 Å². The molecule has 21 heteroatoms. The van der Waals surface area contributed by atoms with Gasteiger partial charge in [-0.25, -0.2) is 45.0 Å². The molecule has 0 radical (unpaired) electrons. The average molecular weight is 1560 g/mol. The Hall–Kier alpha value is -2.96. The lowest BCUT2D eigenvalue weighted by Crippen LogP contribution is -2.28. The Morgan fingerprint density at radius 2 is 0.683 bits per heavy atom. The third-order valence-corrected chi connectivity index (χ3v) is 30.2. The van der Waals surface area contributed by atoms with E-state index in [0.717, 1.165) is 133 Å². The van der Waals surface area contributed by atoms with Crippen molar-refractivity contribution in [2.45, 2.75) is 324 Å². The summed E-state index contributed by atoms with van der Waals surface area (Å²) in [6.45, 7) is 13.8. The van der Waals surface area contributed by atoms with Crippen molar-refractivity contribution in [1.29, 1.82) is 0 Å². The maximum atomic E-state index is 17.5. The molecule has 101 heavy (non-hydrogen) atoms. The van der Waals surface area contributed by atoms with Crippen LogP contribution in [0.1, 0.15) is 317 Å². The van der Waals surface area contributed by atoms with Crippen molar-refractivity contribution in [3.63, 3.8) is 0 Å². The van der Waals surface area contributed by atoms with Gasteiger partial charge in [0.25, 0.3) is 0 Å². The smallest absolute Gasteiger partial charge is 0.211 e. The van der Waals surface area contributed by atoms with Gasteiger partial charge in [-0.1, -0.05) is 282 Å². The molecule has 10 nitrogen and oxygen atoms in total. The van der Waals surface area contributed by atoms with E-state index in [1.807, 2.05) is 24.3 Å². The number of hydrogen-bond donors (Lipinski definition) is 2. The zero-order valence-electron chi connectivity index (χ0n) is 62.1. The summed E-state index contributed by atoms with van der Waals surface area (Å²) in [6, 6.07) is 8.26. The minimum atomic E-state index is -3.71. The van der Waals surface area contributed by atoms with Crippen LogP contribution in [-0.2, 0) is 45.7 Å². The van der Waals surface area contributed by atoms with Gasteiger partial charge in [0.05, 0.1) is 44.1 Å². The van der Waals surface area contributed by atoms with E-state index in [1.165, 1.54) is 243 Å². The van der Waals surface area contributed by atoms with Crippen molar-refractivity contribution in [3.8, 4) is 50.4 Å². The highest BCUT2D eigenvalue weighted by atomic mass is 32.2. The van der Waals surface area contributed by atoms with E-state index in [1.54, 1.807) is 40.1 Å². The Balaban J connectivity index is 1.05. The summed E-state index contributed by atoms with van der Waals surface area (Å²) in [6.07, 6.45) is 51.2. The molecule has 0 spiro atoms. The van der Waals surface area contributed by atoms with Gasteiger partial charge in [-0.2, -0.15) is 8.75 Å². The fraction of sp³-hybridized carbons (Fsp3) is 0.675. The molecule has 0 aliphatic carbocycles. The molecule has 7 aromatic heterocycles. The van der Waals surface area contributed by atoms with Gasteiger partial charge in [0, 0.05) is 42.4 Å². The third kappa shape index (κ3) is 27.3. The van der Waals surface area contributed by atoms with Crippen LogP contribution < -0.4 is 9.44 Å². The average Bonchev–Trinajstić information content (AvgIpc) is 1.64. The molecule has 0 unspecified atom stereocenters. The van der Waals surface area contributed by atoms with E-state index in [0.29, 0.717) is 22.8 Å². The van der Waals surface area contributed by atoms with Crippen LogP contribution in [0.4, 0.5) is 8.78 Å². The van der Waals surface area contributed by atoms with Crippen molar-refractivity contribution in [2.24, 2.45) is 0 Å². The van der Waals surface area contributed by atoms with Gasteiger partial charge < -0.3 is 0 Å². The Kier molecular flexibility index (Phi) is 37.8. The van der Waals surface area contributed by atoms with Crippen LogP contribution in [0.5, 0.6) is 0 Å². The van der Waals surface area contributed by atoms with Crippen molar-refractivity contribution >= 4 is 120 Å². The van der Waals surface area contributed by atoms with Gasteiger partial charge in [-0.3, -0.25) is 0 Å². The Morgan fingerprint density at radius 3 is 1.11 bits per heavy atom. The highest BCUT2D eigenvalue weighted by molar-refractivity contribution is 7.89. The lowest BCUT2D eigenvalue weighted by molar-refractivity contribution is 0.516. The summed E-state index contributed by atoms with van der Waals surface area (Å²) in [7, 11) is -7.28. The molecule has 8 aromatic rings. The predicted molar refractivity (Wildman–Crippen MR) is 440 cm³/mol. The largest absolute Gasteiger partial charge is 0.222 e. The van der Waals surface area contributed by atoms with Gasteiger partial charge in [0.2, 0.25) is 20.0 Å². The molecular weight excluding hydrogens is 1440 g/mol. The third-order valence-electron chi connectivity index (χ3n) is 19.8. The number of fused-ring (bicyclic) bond motifs is 2. The number of aryl methyl sites for hydroxylation is 6. The van der Waals surface area contributed by atoms with Crippen LogP contribution >= 0.6 is 79.7 Å². The number of thiophene rings is 4. The number of nitrogens with zero attached hydrogens (tertiary/aromatic N) is 4. The lowest BCUT2D eigenvalue weighted by Gasteiger charge is -2.08. The molecule has 7 heterocycles. The van der Waals surface area contributed by atoms with Crippen LogP contribution in [-0.4, -0.2) is 60.1 Å². The number of rotatable bonds is 57. The first-order chi connectivity index (χ1) is 49.1. The second-order valence-corrected chi connectivity index (χ2v) is 39.4. The lowest BCUT2D eigenvalue weighted by atomic mass is 10.0. The molecule has 0 aliphatic heterocycles. The second-order valence-electron chi connectivity index (χ2n) is 28.5. The van der Waals surface area contributed by atoms with E-state index < -0.39 is 31.7 Å². The summed E-state index contributed by atoms with van der Waals surface area (Å²) < 4.78 is 104. The van der Waals surface area contributed by atoms with Crippen molar-refractivity contribution in [1.82, 2.24) is 28.2 Å². The van der Waals surface area contributed by atoms with Crippen LogP contribution in [0.15, 0.2) is 24.3 Å². The second kappa shape index (κ2) is 45.6. The number of sulfonamides is 2. The number of hydrogen-bond acceptors (Lipinski definition) is 15. The minimum absolute atomic E-state index is 0.000880. The van der Waals surface area contributed by atoms with Crippen molar-refractivity contribution in [2.75, 3.05) is 24.6 Å². The first kappa shape index (κ1) is 83.7. The first-order valence-electron chi connectivity index (χ1n) is 39.4. The normalized spacial score (nSPS) is 12.3. The van der Waals surface area contributed by atoms with Crippen LogP contribution in [0.3, 0.4) is 0 Å². The maximum absolute atomic E-state index is 17.5. The first-order valence-corrected chi connectivity index (χ1v) is 48.4. The van der Waals surface area contributed by atoms with Gasteiger partial charge in [-0.05, 0) is 112 Å². The molecule has 0 saturated heterocycles. The minimum Gasteiger partial charge on any atom is -0.222 e. The molecule has 0 bridgehead atoms. The monoisotopic (exact) mass is 1550 g/mol. The van der Waals surface area contributed by atoms with Gasteiger partial charge in [0.1, 0.15) is 21.0 Å². The van der Waals surface area contributed by atoms with E-state index >= 15 is 8.78 Å². The van der Waals surface area contributed by atoms with E-state index in [-0.39, 0.29) is 46.5 Å². The highest BCUT2D eigenvalue weighted by Crippen LogP contribution is 2.51. The molecule has 0 fully saturated rings. The van der Waals surface area contributed by atoms with E-state index in [2.05, 4.69) is 64.9 Å². The summed E-state index contributed by atoms with van der Waals surface area (Å²) in [4.78, 5) is 19.7. The van der Waals surface area contributed by atoms with Gasteiger partial charge in [-0.15, -0.1) is 45.3 Å². The van der Waals surface area contributed by atoms with Crippen LogP contribution in [0.2, 0.25) is 0 Å². The molecule has 562 valence electrons. The predicted octanol–water partition coefficient (Wildman–Crippen LogP) is 26.9. The quantitative estimate of drug-likeness (QED) is 0.0359. The fourth-order valence-corrected chi connectivity index (χ4v) is 23.6. The van der Waals surface area contributed by atoms with Crippen molar-refractivity contribution < 1.29 is 25.6 Å². The zero-order valence-corrected chi connectivity index (χ0v) is 69.5. The van der Waals surface area contributed by atoms with Gasteiger partial charge in [0.15, 0.2) is 21.3 Å². The molecule has 8 rings (SSSR count). The number of aromatic nitrogens is 4. The summed E-state index contributed by atoms with van der Waals surface area (Å²) >= 11 is 10.3. The summed E-state index contributed by atoms with van der Waals surface area (Å²) in [5, 5.41) is 1.95. The maximum Gasteiger partial charge on any atom is 0.211 e. The number of halogens is 2. The Bertz CT molecular complexity index is 3880. The van der Waals surface area contributed by atoms with E-state index in [4.69, 9.17) is 9.97 Å². The Labute approximate surface area is 635 Å². The molecule has 1 aromatic carbocycles. The number of thiazole rings is 2. The Morgan fingerprint density at radius 1 is 0.356 bits per heavy atom. The zero-order chi connectivity index (χ0) is 71.7. The van der Waals surface area contributed by atoms with Crippen LogP contribution in [0, 0.1) is 25.5 Å². The molecule has 0 atom stereocenters. The molecule has 0 aliphatic rings. The fourth-order valence-electron chi connectivity index (χ4n) is 13.8. The SMILES string of the molecule is CCCCCCCCCCCCCCc1cc(C)sc1-c1nc2sc(-c3sc(-c4sc(-c5c(F)c(F)c(-c6cc(CCS(=O)(=O)NCCCCCCCCCC)c(C)s6)c6nsnc56)cc4CCS(=O)(=O)NCCCCCCCCCC)cc3CCCCCCCCCCCCCC)nc2s1. The van der Waals surface area contributed by atoms with Crippen LogP contribution in [0.25, 0.3) is 71.1 Å².